The van der Waals surface area contributed by atoms with Gasteiger partial charge in [0, 0.05) is 49.6 Å². The zero-order chi connectivity index (χ0) is 23.1. The van der Waals surface area contributed by atoms with Crippen molar-refractivity contribution in [3.05, 3.63) is 0 Å². The van der Waals surface area contributed by atoms with Crippen molar-refractivity contribution in [3.63, 3.8) is 0 Å². The number of halogens is 4. The fourth-order valence-corrected chi connectivity index (χ4v) is 2.29. The van der Waals surface area contributed by atoms with Gasteiger partial charge in [0.1, 0.15) is 9.75 Å². The van der Waals surface area contributed by atoms with Crippen molar-refractivity contribution in [3.8, 4) is 0 Å². The number of nitrogens with two attached hydrogens (primary N) is 4. The maximum absolute atomic E-state index is 10.3. The molecule has 0 fully saturated rings. The van der Waals surface area contributed by atoms with Crippen LogP contribution < -0.4 is 43.4 Å². The van der Waals surface area contributed by atoms with Crippen molar-refractivity contribution in [2.45, 2.75) is 45.7 Å². The Labute approximate surface area is 199 Å². The summed E-state index contributed by atoms with van der Waals surface area (Å²) in [5.41, 5.74) is 20.6. The van der Waals surface area contributed by atoms with Crippen LogP contribution in [0.5, 0.6) is 0 Å². The van der Waals surface area contributed by atoms with Crippen molar-refractivity contribution in [2.75, 3.05) is 0 Å². The first-order valence-electron chi connectivity index (χ1n) is 6.87. The molecule has 0 saturated heterocycles. The minimum atomic E-state index is -2.19. The minimum absolute atomic E-state index is 0. The Morgan fingerprint density at radius 3 is 0.759 bits per heavy atom. The van der Waals surface area contributed by atoms with Crippen LogP contribution in [-0.2, 0) is 40.2 Å². The van der Waals surface area contributed by atoms with Crippen LogP contribution in [0.2, 0.25) is 0 Å². The fourth-order valence-electron chi connectivity index (χ4n) is 1.58. The van der Waals surface area contributed by atoms with Gasteiger partial charge in [-0.05, 0) is 0 Å². The largest absolute Gasteiger partial charge is 4.00 e. The first-order chi connectivity index (χ1) is 12.2. The van der Waals surface area contributed by atoms with Crippen LogP contribution in [0.4, 0.5) is 0 Å². The summed E-state index contributed by atoms with van der Waals surface area (Å²) in [7, 11) is 0. The standard InChI is InChI=1S/2C6H10Cl2N2O4.Pt/c2*7-5(1-3(11)12,2-4(13)14)6(8,9)10;/h2*1-2,9-10H2,(H,11,12)(H,13,14);/q;;+4/p-4. The molecule has 8 N–H and O–H groups in total. The molecule has 0 aromatic heterocycles. The zero-order valence-corrected chi connectivity index (χ0v) is 19.5. The third kappa shape index (κ3) is 12.8. The van der Waals surface area contributed by atoms with Gasteiger partial charge < -0.3 is 39.6 Å². The number of aliphatic carboxylic acids is 4. The fraction of sp³-hybridized carbons (Fsp3) is 0.667. The summed E-state index contributed by atoms with van der Waals surface area (Å²) in [6.45, 7) is 0. The van der Waals surface area contributed by atoms with E-state index in [0.717, 1.165) is 0 Å². The van der Waals surface area contributed by atoms with Crippen LogP contribution in [0.25, 0.3) is 0 Å². The van der Waals surface area contributed by atoms with E-state index in [1.165, 1.54) is 0 Å². The molecule has 0 saturated carbocycles. The van der Waals surface area contributed by atoms with Gasteiger partial charge in [0.25, 0.3) is 0 Å². The zero-order valence-electron chi connectivity index (χ0n) is 14.2. The Morgan fingerprint density at radius 2 is 0.690 bits per heavy atom. The predicted octanol–water partition coefficient (Wildman–Crippen LogP) is -5.89. The van der Waals surface area contributed by atoms with Gasteiger partial charge in [-0.1, -0.05) is 23.2 Å². The Morgan fingerprint density at radius 1 is 0.552 bits per heavy atom. The second-order valence-electron chi connectivity index (χ2n) is 5.66. The van der Waals surface area contributed by atoms with Crippen molar-refractivity contribution >= 4 is 70.3 Å². The molecule has 0 aliphatic carbocycles. The number of rotatable bonds is 10. The minimum Gasteiger partial charge on any atom is -0.550 e. The first-order valence-corrected chi connectivity index (χ1v) is 8.38. The van der Waals surface area contributed by atoms with Crippen LogP contribution in [0, 0.1) is 0 Å². The van der Waals surface area contributed by atoms with Gasteiger partial charge in [0.2, 0.25) is 0 Å². The quantitative estimate of drug-likeness (QED) is 0.0955. The van der Waals surface area contributed by atoms with Crippen molar-refractivity contribution in [2.24, 2.45) is 22.9 Å². The number of carbonyl (C=O) groups excluding carboxylic acids is 4. The third-order valence-electron chi connectivity index (χ3n) is 3.07. The smallest absolute Gasteiger partial charge is 0.550 e. The summed E-state index contributed by atoms with van der Waals surface area (Å²) >= 11 is 21.9. The van der Waals surface area contributed by atoms with Gasteiger partial charge >= 0.3 is 21.1 Å². The van der Waals surface area contributed by atoms with Crippen LogP contribution in [0.1, 0.15) is 25.7 Å². The van der Waals surface area contributed by atoms with Gasteiger partial charge in [0.05, 0.1) is 0 Å². The molecule has 0 aliphatic rings. The summed E-state index contributed by atoms with van der Waals surface area (Å²) in [6, 6.07) is 0. The Balaban J connectivity index is -0.000000451. The maximum Gasteiger partial charge on any atom is 4.00 e. The molecule has 0 aromatic carbocycles. The molecular weight excluding hydrogens is 665 g/mol. The van der Waals surface area contributed by atoms with E-state index in [2.05, 4.69) is 0 Å². The van der Waals surface area contributed by atoms with Crippen molar-refractivity contribution in [1.29, 1.82) is 0 Å². The molecular formula is C12H16Cl4N4O8Pt. The number of hydrogen-bond donors (Lipinski definition) is 4. The summed E-state index contributed by atoms with van der Waals surface area (Å²) in [5.74, 6) is -6.44. The van der Waals surface area contributed by atoms with E-state index in [1.807, 2.05) is 0 Å². The number of alkyl halides is 4. The molecule has 12 nitrogen and oxygen atoms in total. The molecule has 0 aromatic rings. The molecule has 0 atom stereocenters. The molecule has 0 spiro atoms. The van der Waals surface area contributed by atoms with E-state index in [-0.39, 0.29) is 21.1 Å². The monoisotopic (exact) mass is 679 g/mol. The summed E-state index contributed by atoms with van der Waals surface area (Å²) in [5, 5.41) is 36.7. The van der Waals surface area contributed by atoms with Gasteiger partial charge in [-0.25, -0.2) is 0 Å². The van der Waals surface area contributed by atoms with Gasteiger partial charge in [-0.3, -0.25) is 22.9 Å². The van der Waals surface area contributed by atoms with Crippen molar-refractivity contribution in [1.82, 2.24) is 0 Å². The van der Waals surface area contributed by atoms with E-state index in [9.17, 15) is 39.6 Å². The molecule has 17 heteroatoms. The Bertz CT molecular complexity index is 528. The van der Waals surface area contributed by atoms with Gasteiger partial charge in [-0.15, -0.1) is 23.2 Å². The summed E-state index contributed by atoms with van der Waals surface area (Å²) in [6.07, 6.45) is -3.56. The van der Waals surface area contributed by atoms with Crippen LogP contribution >= 0.6 is 46.4 Å². The number of carboxylic acids is 4. The number of hydrogen-bond acceptors (Lipinski definition) is 12. The topological polar surface area (TPSA) is 265 Å². The SMILES string of the molecule is NC(N)(Cl)C(Cl)(CC(=O)[O-])CC(=O)[O-].NC(N)(Cl)C(Cl)(CC(=O)[O-])CC(=O)[O-].[Pt+4]. The number of carbonyl (C=O) groups is 4. The van der Waals surface area contributed by atoms with Crippen LogP contribution in [0.15, 0.2) is 0 Å². The van der Waals surface area contributed by atoms with Crippen LogP contribution in [0.3, 0.4) is 0 Å². The predicted molar refractivity (Wildman–Crippen MR) is 89.6 cm³/mol. The third-order valence-corrected chi connectivity index (χ3v) is 5.15. The molecule has 0 amide bonds. The molecule has 0 heterocycles. The molecule has 0 unspecified atom stereocenters. The van der Waals surface area contributed by atoms with E-state index >= 15 is 0 Å². The summed E-state index contributed by atoms with van der Waals surface area (Å²) < 4.78 is 0. The normalized spacial score (nSPS) is 12.1. The average Bonchev–Trinajstić information content (AvgIpc) is 2.31. The first kappa shape index (κ1) is 33.2. The van der Waals surface area contributed by atoms with Crippen LogP contribution in [-0.4, -0.2) is 43.9 Å². The summed E-state index contributed by atoms with van der Waals surface area (Å²) in [4.78, 5) is 37.0. The molecule has 0 radical (unpaired) electrons. The maximum atomic E-state index is 10.3. The second kappa shape index (κ2) is 12.4. The molecule has 0 aliphatic heterocycles. The average molecular weight is 681 g/mol. The number of carboxylic acid groups (broad SMARTS) is 4. The molecule has 0 bridgehead atoms. The van der Waals surface area contributed by atoms with E-state index in [4.69, 9.17) is 69.3 Å². The van der Waals surface area contributed by atoms with E-state index in [1.54, 1.807) is 0 Å². The molecule has 29 heavy (non-hydrogen) atoms. The van der Waals surface area contributed by atoms with Gasteiger partial charge in [0.15, 0.2) is 10.2 Å². The van der Waals surface area contributed by atoms with Gasteiger partial charge in [-0.2, -0.15) is 0 Å². The Kier molecular flexibility index (Phi) is 14.2. The van der Waals surface area contributed by atoms with Crippen molar-refractivity contribution < 1.29 is 60.7 Å². The van der Waals surface area contributed by atoms with E-state index < -0.39 is 69.6 Å². The Hall–Kier alpha value is -0.432. The van der Waals surface area contributed by atoms with E-state index in [0.29, 0.717) is 0 Å². The second-order valence-corrected chi connectivity index (χ2v) is 8.36. The molecule has 0 rings (SSSR count). The molecule has 170 valence electrons.